The van der Waals surface area contributed by atoms with E-state index >= 15 is 0 Å². The largest absolute Gasteiger partial charge is 0.473 e. The van der Waals surface area contributed by atoms with Crippen molar-refractivity contribution >= 4 is 5.96 Å². The molecule has 1 aromatic heterocycles. The van der Waals surface area contributed by atoms with E-state index in [1.165, 1.54) is 0 Å². The van der Waals surface area contributed by atoms with Crippen LogP contribution in [0.4, 0.5) is 0 Å². The van der Waals surface area contributed by atoms with Crippen LogP contribution in [0.1, 0.15) is 51.2 Å². The van der Waals surface area contributed by atoms with E-state index in [0.717, 1.165) is 49.4 Å². The van der Waals surface area contributed by atoms with Crippen LogP contribution < -0.4 is 15.4 Å². The summed E-state index contributed by atoms with van der Waals surface area (Å²) >= 11 is 0. The van der Waals surface area contributed by atoms with Gasteiger partial charge < -0.3 is 20.5 Å². The Hall–Kier alpha value is -2.60. The lowest BCUT2D eigenvalue weighted by molar-refractivity contribution is 0.169. The van der Waals surface area contributed by atoms with Crippen molar-refractivity contribution in [2.45, 2.75) is 53.2 Å². The minimum absolute atomic E-state index is 0.0726. The van der Waals surface area contributed by atoms with Crippen molar-refractivity contribution in [3.63, 3.8) is 0 Å². The smallest absolute Gasteiger partial charge is 0.218 e. The average molecular weight is 413 g/mol. The van der Waals surface area contributed by atoms with Gasteiger partial charge in [0.2, 0.25) is 5.88 Å². The highest BCUT2D eigenvalue weighted by Crippen LogP contribution is 2.29. The highest BCUT2D eigenvalue weighted by Gasteiger charge is 2.25. The van der Waals surface area contributed by atoms with Gasteiger partial charge in [0.25, 0.3) is 0 Å². The number of pyridine rings is 1. The Labute approximate surface area is 180 Å². The molecule has 0 aliphatic rings. The number of aliphatic hydroxyl groups is 1. The van der Waals surface area contributed by atoms with E-state index in [9.17, 15) is 5.11 Å². The third kappa shape index (κ3) is 7.34. The fourth-order valence-corrected chi connectivity index (χ4v) is 3.36. The number of nitrogens with zero attached hydrogens (tertiary/aromatic N) is 2. The molecule has 2 rings (SSSR count). The Bertz CT molecular complexity index is 761. The number of benzene rings is 1. The molecule has 0 radical (unpaired) electrons. The van der Waals surface area contributed by atoms with E-state index in [0.29, 0.717) is 19.0 Å². The van der Waals surface area contributed by atoms with Gasteiger partial charge in [-0.05, 0) is 43.2 Å². The first-order valence-electron chi connectivity index (χ1n) is 10.9. The summed E-state index contributed by atoms with van der Waals surface area (Å²) < 4.78 is 5.95. The van der Waals surface area contributed by atoms with Crippen molar-refractivity contribution in [2.75, 3.05) is 19.7 Å². The van der Waals surface area contributed by atoms with E-state index in [4.69, 9.17) is 9.73 Å². The molecule has 30 heavy (non-hydrogen) atoms. The second-order valence-electron chi connectivity index (χ2n) is 7.47. The minimum atomic E-state index is 0.0726. The fourth-order valence-electron chi connectivity index (χ4n) is 3.36. The molecule has 164 valence electrons. The Morgan fingerprint density at radius 3 is 2.50 bits per heavy atom. The molecule has 0 bridgehead atoms. The molecule has 1 aromatic carbocycles. The van der Waals surface area contributed by atoms with Crippen LogP contribution in [0.2, 0.25) is 0 Å². The van der Waals surface area contributed by atoms with Crippen LogP contribution in [0, 0.1) is 5.41 Å². The number of hydrogen-bond acceptors (Lipinski definition) is 4. The summed E-state index contributed by atoms with van der Waals surface area (Å²) in [7, 11) is 0. The van der Waals surface area contributed by atoms with Crippen LogP contribution in [0.3, 0.4) is 0 Å². The van der Waals surface area contributed by atoms with Crippen LogP contribution in [-0.4, -0.2) is 35.7 Å². The van der Waals surface area contributed by atoms with Gasteiger partial charge in [-0.15, -0.1) is 0 Å². The lowest BCUT2D eigenvalue weighted by Gasteiger charge is -2.32. The Morgan fingerprint density at radius 1 is 1.07 bits per heavy atom. The molecule has 0 unspecified atom stereocenters. The average Bonchev–Trinajstić information content (AvgIpc) is 2.80. The van der Waals surface area contributed by atoms with Gasteiger partial charge in [-0.2, -0.15) is 0 Å². The molecule has 0 aliphatic carbocycles. The van der Waals surface area contributed by atoms with Crippen LogP contribution >= 0.6 is 0 Å². The number of ether oxygens (including phenoxy) is 1. The van der Waals surface area contributed by atoms with Crippen molar-refractivity contribution in [3.05, 3.63) is 59.8 Å². The zero-order valence-electron chi connectivity index (χ0n) is 18.5. The maximum atomic E-state index is 9.45. The molecule has 0 atom stereocenters. The van der Waals surface area contributed by atoms with Crippen LogP contribution in [0.15, 0.2) is 53.7 Å². The molecule has 3 N–H and O–H groups in total. The number of aromatic nitrogens is 1. The summed E-state index contributed by atoms with van der Waals surface area (Å²) in [4.78, 5) is 9.14. The number of aliphatic hydroxyl groups excluding tert-OH is 1. The molecule has 2 aromatic rings. The zero-order chi connectivity index (χ0) is 21.7. The number of rotatable bonds is 12. The second-order valence-corrected chi connectivity index (χ2v) is 7.47. The SMILES string of the molecule is CCNC(=NCc1cccnc1OCc1ccccc1)NCC(CC)(CC)CCO. The maximum absolute atomic E-state index is 9.45. The van der Waals surface area contributed by atoms with Crippen LogP contribution in [0.5, 0.6) is 5.88 Å². The fraction of sp³-hybridized carbons (Fsp3) is 0.500. The maximum Gasteiger partial charge on any atom is 0.218 e. The zero-order valence-corrected chi connectivity index (χ0v) is 18.5. The molecule has 0 saturated heterocycles. The van der Waals surface area contributed by atoms with Gasteiger partial charge in [0.05, 0.1) is 6.54 Å². The van der Waals surface area contributed by atoms with Gasteiger partial charge >= 0.3 is 0 Å². The lowest BCUT2D eigenvalue weighted by Crippen LogP contribution is -2.43. The van der Waals surface area contributed by atoms with Gasteiger partial charge in [-0.1, -0.05) is 50.2 Å². The molecule has 0 fully saturated rings. The molecule has 6 nitrogen and oxygen atoms in total. The molecule has 1 heterocycles. The summed E-state index contributed by atoms with van der Waals surface area (Å²) in [5, 5.41) is 16.2. The molecular weight excluding hydrogens is 376 g/mol. The van der Waals surface area contributed by atoms with Crippen molar-refractivity contribution in [1.29, 1.82) is 0 Å². The molecule has 0 amide bonds. The van der Waals surface area contributed by atoms with Crippen LogP contribution in [0.25, 0.3) is 0 Å². The summed E-state index contributed by atoms with van der Waals surface area (Å²) in [6, 6.07) is 14.0. The van der Waals surface area contributed by atoms with Crippen molar-refractivity contribution in [2.24, 2.45) is 10.4 Å². The first-order chi connectivity index (χ1) is 14.7. The van der Waals surface area contributed by atoms with Gasteiger partial charge in [0, 0.05) is 31.5 Å². The highest BCUT2D eigenvalue weighted by molar-refractivity contribution is 5.79. The summed E-state index contributed by atoms with van der Waals surface area (Å²) in [6.07, 6.45) is 4.54. The Morgan fingerprint density at radius 2 is 1.83 bits per heavy atom. The standard InChI is InChI=1S/C24H36N4O2/c1-4-24(5-2,14-16-29)19-28-23(25-6-3)27-17-21-13-10-15-26-22(21)30-18-20-11-8-7-9-12-20/h7-13,15,29H,4-6,14,16-19H2,1-3H3,(H2,25,27,28). The Kier molecular flexibility index (Phi) is 10.1. The van der Waals surface area contributed by atoms with E-state index in [2.05, 4.69) is 36.4 Å². The van der Waals surface area contributed by atoms with Gasteiger partial charge in [0.1, 0.15) is 6.61 Å². The first-order valence-corrected chi connectivity index (χ1v) is 10.9. The minimum Gasteiger partial charge on any atom is -0.473 e. The predicted molar refractivity (Wildman–Crippen MR) is 123 cm³/mol. The van der Waals surface area contributed by atoms with Crippen molar-refractivity contribution in [1.82, 2.24) is 15.6 Å². The normalized spacial score (nSPS) is 11.9. The quantitative estimate of drug-likeness (QED) is 0.364. The number of guanidine groups is 1. The van der Waals surface area contributed by atoms with Crippen LogP contribution in [-0.2, 0) is 13.2 Å². The van der Waals surface area contributed by atoms with E-state index in [1.54, 1.807) is 6.20 Å². The van der Waals surface area contributed by atoms with Crippen molar-refractivity contribution in [3.8, 4) is 5.88 Å². The topological polar surface area (TPSA) is 78.8 Å². The molecule has 0 spiro atoms. The summed E-state index contributed by atoms with van der Waals surface area (Å²) in [5.41, 5.74) is 2.12. The highest BCUT2D eigenvalue weighted by atomic mass is 16.5. The van der Waals surface area contributed by atoms with Crippen molar-refractivity contribution < 1.29 is 9.84 Å². The number of hydrogen-bond donors (Lipinski definition) is 3. The predicted octanol–water partition coefficient (Wildman–Crippen LogP) is 3.90. The third-order valence-electron chi connectivity index (χ3n) is 5.59. The van der Waals surface area contributed by atoms with E-state index in [-0.39, 0.29) is 12.0 Å². The summed E-state index contributed by atoms with van der Waals surface area (Å²) in [6.45, 7) is 9.11. The number of nitrogens with one attached hydrogen (secondary N) is 2. The first kappa shape index (κ1) is 23.7. The van der Waals surface area contributed by atoms with Gasteiger partial charge in [-0.25, -0.2) is 9.98 Å². The molecular formula is C24H36N4O2. The molecule has 0 saturated carbocycles. The summed E-state index contributed by atoms with van der Waals surface area (Å²) in [5.74, 6) is 1.37. The number of aliphatic imine (C=N–C) groups is 1. The molecule has 0 aliphatic heterocycles. The molecule has 6 heteroatoms. The van der Waals surface area contributed by atoms with Gasteiger partial charge in [-0.3, -0.25) is 0 Å². The lowest BCUT2D eigenvalue weighted by atomic mass is 9.79. The monoisotopic (exact) mass is 412 g/mol. The third-order valence-corrected chi connectivity index (χ3v) is 5.59. The van der Waals surface area contributed by atoms with Gasteiger partial charge in [0.15, 0.2) is 5.96 Å². The Balaban J connectivity index is 2.05. The second kappa shape index (κ2) is 12.9. The van der Waals surface area contributed by atoms with E-state index in [1.807, 2.05) is 42.5 Å². The van der Waals surface area contributed by atoms with E-state index < -0.39 is 0 Å².